The Kier molecular flexibility index (Phi) is 2.38. The minimum Gasteiger partial charge on any atom is -0.441 e. The van der Waals surface area contributed by atoms with E-state index in [2.05, 4.69) is 4.98 Å². The maximum absolute atomic E-state index is 12.4. The van der Waals surface area contributed by atoms with Crippen LogP contribution in [0.1, 0.15) is 17.5 Å². The van der Waals surface area contributed by atoms with Gasteiger partial charge >= 0.3 is 6.18 Å². The lowest BCUT2D eigenvalue weighted by molar-refractivity contribution is -0.149. The third kappa shape index (κ3) is 1.88. The van der Waals surface area contributed by atoms with Crippen molar-refractivity contribution in [3.63, 3.8) is 0 Å². The van der Waals surface area contributed by atoms with E-state index in [4.69, 9.17) is 10.2 Å². The molecule has 0 saturated carbocycles. The molecule has 1 unspecified atom stereocenters. The predicted octanol–water partition coefficient (Wildman–Crippen LogP) is 2.70. The van der Waals surface area contributed by atoms with Crippen LogP contribution in [0.3, 0.4) is 0 Å². The van der Waals surface area contributed by atoms with E-state index < -0.39 is 12.2 Å². The van der Waals surface area contributed by atoms with E-state index in [0.29, 0.717) is 17.0 Å². The van der Waals surface area contributed by atoms with Gasteiger partial charge in [0.15, 0.2) is 11.5 Å². The van der Waals surface area contributed by atoms with Crippen molar-refractivity contribution < 1.29 is 17.6 Å². The molecule has 3 nitrogen and oxygen atoms in total. The van der Waals surface area contributed by atoms with E-state index in [1.807, 2.05) is 0 Å². The SMILES string of the molecule is Cc1nc2ccc(C(N)C(F)(F)F)cc2o1. The number of halogens is 3. The number of fused-ring (bicyclic) bond motifs is 1. The Morgan fingerprint density at radius 3 is 2.69 bits per heavy atom. The van der Waals surface area contributed by atoms with Gasteiger partial charge in [0.2, 0.25) is 0 Å². The molecule has 1 aromatic carbocycles. The second-order valence-corrected chi connectivity index (χ2v) is 3.48. The Hall–Kier alpha value is -1.56. The van der Waals surface area contributed by atoms with E-state index in [0.717, 1.165) is 0 Å². The maximum Gasteiger partial charge on any atom is 0.407 e. The van der Waals surface area contributed by atoms with E-state index >= 15 is 0 Å². The summed E-state index contributed by atoms with van der Waals surface area (Å²) in [6.45, 7) is 1.63. The van der Waals surface area contributed by atoms with Crippen molar-refractivity contribution >= 4 is 11.1 Å². The summed E-state index contributed by atoms with van der Waals surface area (Å²) in [6, 6.07) is 2.05. The van der Waals surface area contributed by atoms with Crippen LogP contribution in [-0.2, 0) is 0 Å². The van der Waals surface area contributed by atoms with Crippen LogP contribution in [0.2, 0.25) is 0 Å². The van der Waals surface area contributed by atoms with Gasteiger partial charge in [0.05, 0.1) is 0 Å². The van der Waals surface area contributed by atoms with Crippen molar-refractivity contribution in [3.8, 4) is 0 Å². The van der Waals surface area contributed by atoms with Crippen molar-refractivity contribution in [3.05, 3.63) is 29.7 Å². The molecule has 2 aromatic rings. The number of oxazole rings is 1. The van der Waals surface area contributed by atoms with Crippen LogP contribution in [0.15, 0.2) is 22.6 Å². The van der Waals surface area contributed by atoms with Gasteiger partial charge in [-0.1, -0.05) is 6.07 Å². The number of aryl methyl sites for hydroxylation is 1. The average Bonchev–Trinajstić information content (AvgIpc) is 2.54. The molecule has 0 saturated heterocycles. The highest BCUT2D eigenvalue weighted by Gasteiger charge is 2.37. The zero-order valence-corrected chi connectivity index (χ0v) is 8.38. The van der Waals surface area contributed by atoms with Crippen LogP contribution >= 0.6 is 0 Å². The van der Waals surface area contributed by atoms with Crippen molar-refractivity contribution in [2.45, 2.75) is 19.1 Å². The van der Waals surface area contributed by atoms with Gasteiger partial charge < -0.3 is 10.2 Å². The summed E-state index contributed by atoms with van der Waals surface area (Å²) in [6.07, 6.45) is -4.46. The molecule has 0 spiro atoms. The number of hydrogen-bond donors (Lipinski definition) is 1. The lowest BCUT2D eigenvalue weighted by atomic mass is 10.1. The fourth-order valence-corrected chi connectivity index (χ4v) is 1.44. The van der Waals surface area contributed by atoms with Gasteiger partial charge in [-0.2, -0.15) is 13.2 Å². The number of benzene rings is 1. The van der Waals surface area contributed by atoms with E-state index in [1.165, 1.54) is 18.2 Å². The number of nitrogens with two attached hydrogens (primary N) is 1. The lowest BCUT2D eigenvalue weighted by Gasteiger charge is -2.15. The second-order valence-electron chi connectivity index (χ2n) is 3.48. The third-order valence-electron chi connectivity index (χ3n) is 2.23. The molecule has 6 heteroatoms. The first-order chi connectivity index (χ1) is 7.38. The standard InChI is InChI=1S/C10H9F3N2O/c1-5-15-7-3-2-6(4-8(7)16-5)9(14)10(11,12)13/h2-4,9H,14H2,1H3. The minimum atomic E-state index is -4.46. The normalized spacial score (nSPS) is 14.3. The maximum atomic E-state index is 12.4. The first-order valence-electron chi connectivity index (χ1n) is 4.57. The highest BCUT2D eigenvalue weighted by atomic mass is 19.4. The topological polar surface area (TPSA) is 52.0 Å². The van der Waals surface area contributed by atoms with Crippen molar-refractivity contribution in [1.82, 2.24) is 4.98 Å². The van der Waals surface area contributed by atoms with E-state index in [1.54, 1.807) is 6.92 Å². The molecule has 0 aliphatic rings. The molecule has 0 radical (unpaired) electrons. The van der Waals surface area contributed by atoms with Crippen LogP contribution in [0.4, 0.5) is 13.2 Å². The summed E-state index contributed by atoms with van der Waals surface area (Å²) in [4.78, 5) is 3.99. The largest absolute Gasteiger partial charge is 0.441 e. The van der Waals surface area contributed by atoms with E-state index in [-0.39, 0.29) is 5.56 Å². The van der Waals surface area contributed by atoms with Gasteiger partial charge in [0, 0.05) is 6.92 Å². The Bertz CT molecular complexity index is 518. The van der Waals surface area contributed by atoms with Crippen LogP contribution < -0.4 is 5.73 Å². The van der Waals surface area contributed by atoms with Gasteiger partial charge in [-0.15, -0.1) is 0 Å². The monoisotopic (exact) mass is 230 g/mol. The van der Waals surface area contributed by atoms with Crippen LogP contribution in [0, 0.1) is 6.92 Å². The summed E-state index contributed by atoms with van der Waals surface area (Å²) >= 11 is 0. The van der Waals surface area contributed by atoms with Crippen LogP contribution in [0.5, 0.6) is 0 Å². The molecule has 1 heterocycles. The summed E-state index contributed by atoms with van der Waals surface area (Å²) in [5.74, 6) is 0.410. The second kappa shape index (κ2) is 3.48. The molecule has 2 N–H and O–H groups in total. The lowest BCUT2D eigenvalue weighted by Crippen LogP contribution is -2.28. The summed E-state index contributed by atoms with van der Waals surface area (Å²) in [5.41, 5.74) is 5.89. The molecule has 0 fully saturated rings. The van der Waals surface area contributed by atoms with Gasteiger partial charge in [-0.05, 0) is 17.7 Å². The number of aromatic nitrogens is 1. The molecule has 0 aliphatic carbocycles. The molecule has 0 aliphatic heterocycles. The van der Waals surface area contributed by atoms with Gasteiger partial charge in [0.1, 0.15) is 11.6 Å². The molecular weight excluding hydrogens is 221 g/mol. The first kappa shape index (κ1) is 10.9. The van der Waals surface area contributed by atoms with Crippen molar-refractivity contribution in [2.24, 2.45) is 5.73 Å². The molecule has 0 amide bonds. The predicted molar refractivity (Wildman–Crippen MR) is 51.7 cm³/mol. The fraction of sp³-hybridized carbons (Fsp3) is 0.300. The molecule has 16 heavy (non-hydrogen) atoms. The van der Waals surface area contributed by atoms with Crippen molar-refractivity contribution in [2.75, 3.05) is 0 Å². The third-order valence-corrected chi connectivity index (χ3v) is 2.23. The Labute approximate surface area is 89.1 Å². The molecule has 2 rings (SSSR count). The summed E-state index contributed by atoms with van der Waals surface area (Å²) in [5, 5.41) is 0. The number of nitrogens with zero attached hydrogens (tertiary/aromatic N) is 1. The Morgan fingerprint density at radius 1 is 1.38 bits per heavy atom. The number of alkyl halides is 3. The fourth-order valence-electron chi connectivity index (χ4n) is 1.44. The zero-order chi connectivity index (χ0) is 11.9. The van der Waals surface area contributed by atoms with Crippen LogP contribution in [0.25, 0.3) is 11.1 Å². The number of rotatable bonds is 1. The minimum absolute atomic E-state index is 0.0313. The van der Waals surface area contributed by atoms with Gasteiger partial charge in [0.25, 0.3) is 0 Å². The molecule has 1 aromatic heterocycles. The molecule has 1 atom stereocenters. The van der Waals surface area contributed by atoms with Crippen molar-refractivity contribution in [1.29, 1.82) is 0 Å². The highest BCUT2D eigenvalue weighted by molar-refractivity contribution is 5.73. The van der Waals surface area contributed by atoms with Crippen LogP contribution in [-0.4, -0.2) is 11.2 Å². The van der Waals surface area contributed by atoms with Gasteiger partial charge in [-0.3, -0.25) is 0 Å². The number of hydrogen-bond acceptors (Lipinski definition) is 3. The Morgan fingerprint density at radius 2 is 2.06 bits per heavy atom. The van der Waals surface area contributed by atoms with E-state index in [9.17, 15) is 13.2 Å². The van der Waals surface area contributed by atoms with Gasteiger partial charge in [-0.25, -0.2) is 4.98 Å². The summed E-state index contributed by atoms with van der Waals surface area (Å²) in [7, 11) is 0. The molecule has 0 bridgehead atoms. The molecular formula is C10H9F3N2O. The zero-order valence-electron chi connectivity index (χ0n) is 8.38. The smallest absolute Gasteiger partial charge is 0.407 e. The average molecular weight is 230 g/mol. The Balaban J connectivity index is 2.46. The first-order valence-corrected chi connectivity index (χ1v) is 4.57. The molecule has 86 valence electrons. The quantitative estimate of drug-likeness (QED) is 0.819. The highest BCUT2D eigenvalue weighted by Crippen LogP contribution is 2.31. The summed E-state index contributed by atoms with van der Waals surface area (Å²) < 4.78 is 42.2.